The van der Waals surface area contributed by atoms with Crippen LogP contribution < -0.4 is 5.32 Å². The Hall–Kier alpha value is -3.26. The van der Waals surface area contributed by atoms with E-state index in [9.17, 15) is 23.5 Å². The van der Waals surface area contributed by atoms with Crippen molar-refractivity contribution in [2.24, 2.45) is 7.05 Å². The number of carbonyl (C=O) groups is 2. The van der Waals surface area contributed by atoms with Crippen LogP contribution in [0.15, 0.2) is 36.4 Å². The second-order valence-electron chi connectivity index (χ2n) is 8.52. The quantitative estimate of drug-likeness (QED) is 0.402. The number of amides is 1. The highest BCUT2D eigenvalue weighted by Gasteiger charge is 2.26. The van der Waals surface area contributed by atoms with E-state index in [4.69, 9.17) is 11.6 Å². The van der Waals surface area contributed by atoms with Gasteiger partial charge in [-0.05, 0) is 54.7 Å². The SMILES string of the molecule is CCc1ccc(Cc2nn(C)c(CC(F)F)c2C(=O)NC(C)c2ccc(C(=O)O)c(C)c2)cc1Cl. The van der Waals surface area contributed by atoms with Crippen molar-refractivity contribution in [2.45, 2.75) is 52.5 Å². The molecule has 35 heavy (non-hydrogen) atoms. The number of aromatic nitrogens is 2. The van der Waals surface area contributed by atoms with E-state index in [1.807, 2.05) is 19.1 Å². The maximum atomic E-state index is 13.4. The third-order valence-corrected chi connectivity index (χ3v) is 6.36. The van der Waals surface area contributed by atoms with Gasteiger partial charge in [-0.25, -0.2) is 13.6 Å². The highest BCUT2D eigenvalue weighted by Crippen LogP contribution is 2.25. The summed E-state index contributed by atoms with van der Waals surface area (Å²) in [6, 6.07) is 9.92. The highest BCUT2D eigenvalue weighted by atomic mass is 35.5. The first-order chi connectivity index (χ1) is 16.5. The maximum Gasteiger partial charge on any atom is 0.335 e. The molecule has 186 valence electrons. The number of nitrogens with one attached hydrogen (secondary N) is 1. The standard InChI is InChI=1S/C26H28ClF2N3O3/c1-5-17-7-6-16(11-20(17)27)12-21-24(22(13-23(28)29)32(4)31-21)25(33)30-15(3)18-8-9-19(26(34)35)14(2)10-18/h6-11,15,23H,5,12-13H2,1-4H3,(H,30,33)(H,34,35). The summed E-state index contributed by atoms with van der Waals surface area (Å²) in [4.78, 5) is 24.6. The number of rotatable bonds is 9. The lowest BCUT2D eigenvalue weighted by Crippen LogP contribution is -2.28. The molecule has 3 rings (SSSR count). The smallest absolute Gasteiger partial charge is 0.335 e. The third-order valence-electron chi connectivity index (χ3n) is 6.01. The van der Waals surface area contributed by atoms with Crippen LogP contribution in [0.3, 0.4) is 0 Å². The number of alkyl halides is 2. The molecular formula is C26H28ClF2N3O3. The van der Waals surface area contributed by atoms with Crippen LogP contribution in [0, 0.1) is 6.92 Å². The number of carboxylic acid groups (broad SMARTS) is 1. The first-order valence-corrected chi connectivity index (χ1v) is 11.6. The summed E-state index contributed by atoms with van der Waals surface area (Å²) in [6.07, 6.45) is -2.22. The summed E-state index contributed by atoms with van der Waals surface area (Å²) in [5.74, 6) is -1.55. The Morgan fingerprint density at radius 3 is 2.49 bits per heavy atom. The van der Waals surface area contributed by atoms with Crippen molar-refractivity contribution in [3.05, 3.63) is 86.2 Å². The van der Waals surface area contributed by atoms with E-state index in [2.05, 4.69) is 10.4 Å². The third kappa shape index (κ3) is 6.06. The monoisotopic (exact) mass is 503 g/mol. The number of carbonyl (C=O) groups excluding carboxylic acids is 1. The maximum absolute atomic E-state index is 13.4. The Labute approximate surface area is 207 Å². The fourth-order valence-electron chi connectivity index (χ4n) is 4.12. The summed E-state index contributed by atoms with van der Waals surface area (Å²) >= 11 is 6.34. The molecule has 1 amide bonds. The summed E-state index contributed by atoms with van der Waals surface area (Å²) in [5, 5.41) is 17.1. The summed E-state index contributed by atoms with van der Waals surface area (Å²) in [7, 11) is 1.54. The normalized spacial score (nSPS) is 12.1. The number of benzene rings is 2. The largest absolute Gasteiger partial charge is 0.478 e. The molecule has 0 aliphatic heterocycles. The highest BCUT2D eigenvalue weighted by molar-refractivity contribution is 6.31. The van der Waals surface area contributed by atoms with Crippen LogP contribution in [0.2, 0.25) is 5.02 Å². The van der Waals surface area contributed by atoms with Gasteiger partial charge in [0.05, 0.1) is 35.0 Å². The van der Waals surface area contributed by atoms with Crippen LogP contribution >= 0.6 is 11.6 Å². The topological polar surface area (TPSA) is 84.2 Å². The van der Waals surface area contributed by atoms with Crippen molar-refractivity contribution in [3.63, 3.8) is 0 Å². The number of hydrogen-bond donors (Lipinski definition) is 2. The molecule has 0 radical (unpaired) electrons. The molecule has 6 nitrogen and oxygen atoms in total. The molecule has 0 aliphatic carbocycles. The van der Waals surface area contributed by atoms with E-state index in [1.165, 1.54) is 10.7 Å². The molecule has 0 bridgehead atoms. The molecular weight excluding hydrogens is 476 g/mol. The van der Waals surface area contributed by atoms with Gasteiger partial charge in [0.15, 0.2) is 0 Å². The van der Waals surface area contributed by atoms with Gasteiger partial charge in [0, 0.05) is 18.5 Å². The number of aromatic carboxylic acids is 1. The van der Waals surface area contributed by atoms with Crippen molar-refractivity contribution >= 4 is 23.5 Å². The van der Waals surface area contributed by atoms with Gasteiger partial charge in [0.2, 0.25) is 6.43 Å². The second kappa shape index (κ2) is 11.0. The van der Waals surface area contributed by atoms with Crippen molar-refractivity contribution in [2.75, 3.05) is 0 Å². The minimum Gasteiger partial charge on any atom is -0.478 e. The van der Waals surface area contributed by atoms with Crippen molar-refractivity contribution < 1.29 is 23.5 Å². The number of halogens is 3. The van der Waals surface area contributed by atoms with Crippen molar-refractivity contribution in [3.8, 4) is 0 Å². The van der Waals surface area contributed by atoms with Gasteiger partial charge >= 0.3 is 5.97 Å². The zero-order valence-corrected chi connectivity index (χ0v) is 20.8. The molecule has 3 aromatic rings. The van der Waals surface area contributed by atoms with E-state index in [1.54, 1.807) is 39.1 Å². The molecule has 2 aromatic carbocycles. The molecule has 1 heterocycles. The second-order valence-corrected chi connectivity index (χ2v) is 8.93. The molecule has 1 atom stereocenters. The molecule has 0 fully saturated rings. The zero-order valence-electron chi connectivity index (χ0n) is 20.0. The average molecular weight is 504 g/mol. The number of carboxylic acids is 1. The van der Waals surface area contributed by atoms with E-state index in [0.717, 1.165) is 17.5 Å². The van der Waals surface area contributed by atoms with Crippen LogP contribution in [0.1, 0.15) is 74.2 Å². The molecule has 0 saturated heterocycles. The Bertz CT molecular complexity index is 1260. The first-order valence-electron chi connectivity index (χ1n) is 11.3. The van der Waals surface area contributed by atoms with E-state index < -0.39 is 30.8 Å². The molecule has 2 N–H and O–H groups in total. The van der Waals surface area contributed by atoms with Crippen LogP contribution in [-0.2, 0) is 26.3 Å². The molecule has 1 unspecified atom stereocenters. The lowest BCUT2D eigenvalue weighted by atomic mass is 9.99. The molecule has 0 spiro atoms. The Morgan fingerprint density at radius 1 is 1.20 bits per heavy atom. The molecule has 1 aromatic heterocycles. The van der Waals surface area contributed by atoms with Crippen LogP contribution in [0.4, 0.5) is 8.78 Å². The average Bonchev–Trinajstić information content (AvgIpc) is 3.07. The fourth-order valence-corrected chi connectivity index (χ4v) is 4.45. The summed E-state index contributed by atoms with van der Waals surface area (Å²) in [6.45, 7) is 5.42. The lowest BCUT2D eigenvalue weighted by Gasteiger charge is -2.17. The Morgan fingerprint density at radius 2 is 1.91 bits per heavy atom. The zero-order chi connectivity index (χ0) is 25.9. The van der Waals surface area contributed by atoms with Gasteiger partial charge in [-0.1, -0.05) is 42.8 Å². The Balaban J connectivity index is 1.93. The van der Waals surface area contributed by atoms with Gasteiger partial charge in [0.25, 0.3) is 5.91 Å². The predicted octanol–water partition coefficient (Wildman–Crippen LogP) is 5.53. The van der Waals surface area contributed by atoms with Gasteiger partial charge in [-0.3, -0.25) is 9.48 Å². The van der Waals surface area contributed by atoms with Crippen LogP contribution in [0.25, 0.3) is 0 Å². The fraction of sp³-hybridized carbons (Fsp3) is 0.346. The van der Waals surface area contributed by atoms with Crippen LogP contribution in [0.5, 0.6) is 0 Å². The van der Waals surface area contributed by atoms with Crippen molar-refractivity contribution in [1.82, 2.24) is 15.1 Å². The number of nitrogens with zero attached hydrogens (tertiary/aromatic N) is 2. The van der Waals surface area contributed by atoms with E-state index in [-0.39, 0.29) is 23.2 Å². The minimum absolute atomic E-state index is 0.120. The van der Waals surface area contributed by atoms with E-state index in [0.29, 0.717) is 21.8 Å². The van der Waals surface area contributed by atoms with Gasteiger partial charge in [0.1, 0.15) is 0 Å². The first kappa shape index (κ1) is 26.3. The van der Waals surface area contributed by atoms with Gasteiger partial charge in [-0.2, -0.15) is 5.10 Å². The van der Waals surface area contributed by atoms with Crippen molar-refractivity contribution in [1.29, 1.82) is 0 Å². The minimum atomic E-state index is -2.65. The molecule has 9 heteroatoms. The molecule has 0 aliphatic rings. The number of hydrogen-bond acceptors (Lipinski definition) is 3. The van der Waals surface area contributed by atoms with Crippen LogP contribution in [-0.4, -0.2) is 33.2 Å². The van der Waals surface area contributed by atoms with Gasteiger partial charge < -0.3 is 10.4 Å². The summed E-state index contributed by atoms with van der Waals surface area (Å²) in [5.41, 5.74) is 3.89. The predicted molar refractivity (Wildman–Crippen MR) is 131 cm³/mol. The van der Waals surface area contributed by atoms with E-state index >= 15 is 0 Å². The van der Waals surface area contributed by atoms with Gasteiger partial charge in [-0.15, -0.1) is 0 Å². The lowest BCUT2D eigenvalue weighted by molar-refractivity contribution is 0.0695. The molecule has 0 saturated carbocycles. The summed E-state index contributed by atoms with van der Waals surface area (Å²) < 4.78 is 28.0. The Kier molecular flexibility index (Phi) is 8.27. The number of aryl methyl sites for hydroxylation is 3.